The molecule has 1 aliphatic heterocycles. The van der Waals surface area contributed by atoms with Gasteiger partial charge in [0.1, 0.15) is 0 Å². The molecule has 1 aliphatic rings. The summed E-state index contributed by atoms with van der Waals surface area (Å²) >= 11 is 6.39. The summed E-state index contributed by atoms with van der Waals surface area (Å²) in [7, 11) is -3.45. The van der Waals surface area contributed by atoms with Crippen LogP contribution in [0.3, 0.4) is 0 Å². The van der Waals surface area contributed by atoms with Gasteiger partial charge in [0.15, 0.2) is 0 Å². The summed E-state index contributed by atoms with van der Waals surface area (Å²) in [5, 5.41) is 6.61. The van der Waals surface area contributed by atoms with Crippen molar-refractivity contribution < 1.29 is 13.2 Å². The molecule has 0 aliphatic carbocycles. The number of hydrazone groups is 1. The SMILES string of the molecule is CC(C)C(=O)N1N=C(c2ccccc2NS(C)(=O)=O)C[C@@H]1c1ccccc1Cl. The van der Waals surface area contributed by atoms with Crippen LogP contribution in [-0.4, -0.2) is 31.3 Å². The van der Waals surface area contributed by atoms with E-state index in [4.69, 9.17) is 11.6 Å². The van der Waals surface area contributed by atoms with E-state index in [1.165, 1.54) is 5.01 Å². The second kappa shape index (κ2) is 7.93. The average Bonchev–Trinajstić information content (AvgIpc) is 3.05. The summed E-state index contributed by atoms with van der Waals surface area (Å²) in [5.41, 5.74) is 2.51. The van der Waals surface area contributed by atoms with Crippen molar-refractivity contribution in [3.05, 3.63) is 64.7 Å². The molecule has 0 unspecified atom stereocenters. The number of anilines is 1. The average molecular weight is 420 g/mol. The number of hydrogen-bond donors (Lipinski definition) is 1. The standard InChI is InChI=1S/C20H22ClN3O3S/c1-13(2)20(25)24-19(14-8-4-6-10-16(14)21)12-18(22-24)15-9-5-7-11-17(15)23-28(3,26)27/h4-11,13,19,23H,12H2,1-3H3/t19-/m1/s1. The number of rotatable bonds is 5. The van der Waals surface area contributed by atoms with Gasteiger partial charge in [-0.1, -0.05) is 61.8 Å². The van der Waals surface area contributed by atoms with Crippen LogP contribution in [0.1, 0.15) is 37.4 Å². The molecule has 0 saturated heterocycles. The highest BCUT2D eigenvalue weighted by Crippen LogP contribution is 2.38. The van der Waals surface area contributed by atoms with Crippen molar-refractivity contribution in [1.82, 2.24) is 5.01 Å². The van der Waals surface area contributed by atoms with E-state index in [1.54, 1.807) is 24.3 Å². The molecule has 0 spiro atoms. The number of benzene rings is 2. The van der Waals surface area contributed by atoms with E-state index in [1.807, 2.05) is 38.1 Å². The van der Waals surface area contributed by atoms with Crippen molar-refractivity contribution in [3.63, 3.8) is 0 Å². The number of amides is 1. The first-order chi connectivity index (χ1) is 13.2. The second-order valence-corrected chi connectivity index (χ2v) is 9.20. The molecule has 148 valence electrons. The molecule has 1 N–H and O–H groups in total. The van der Waals surface area contributed by atoms with Crippen molar-refractivity contribution in [3.8, 4) is 0 Å². The quantitative estimate of drug-likeness (QED) is 0.794. The van der Waals surface area contributed by atoms with Crippen molar-refractivity contribution >= 4 is 38.9 Å². The molecule has 0 radical (unpaired) electrons. The van der Waals surface area contributed by atoms with E-state index in [9.17, 15) is 13.2 Å². The highest BCUT2D eigenvalue weighted by molar-refractivity contribution is 7.92. The van der Waals surface area contributed by atoms with Crippen LogP contribution in [-0.2, 0) is 14.8 Å². The summed E-state index contributed by atoms with van der Waals surface area (Å²) in [5.74, 6) is -0.356. The van der Waals surface area contributed by atoms with Crippen LogP contribution in [0.2, 0.25) is 5.02 Å². The number of carbonyl (C=O) groups excluding carboxylic acids is 1. The molecule has 1 amide bonds. The molecule has 28 heavy (non-hydrogen) atoms. The Balaban J connectivity index is 2.05. The minimum atomic E-state index is -3.45. The first-order valence-electron chi connectivity index (χ1n) is 8.89. The molecule has 0 saturated carbocycles. The second-order valence-electron chi connectivity index (χ2n) is 7.05. The molecule has 1 heterocycles. The number of nitrogens with one attached hydrogen (secondary N) is 1. The summed E-state index contributed by atoms with van der Waals surface area (Å²) < 4.78 is 26.0. The number of halogens is 1. The zero-order valence-corrected chi connectivity index (χ0v) is 17.5. The predicted molar refractivity (Wildman–Crippen MR) is 112 cm³/mol. The van der Waals surface area contributed by atoms with Crippen LogP contribution in [0.15, 0.2) is 53.6 Å². The molecular formula is C20H22ClN3O3S. The Bertz CT molecular complexity index is 1030. The summed E-state index contributed by atoms with van der Waals surface area (Å²) in [6.07, 6.45) is 1.53. The fourth-order valence-corrected chi connectivity index (χ4v) is 3.99. The predicted octanol–water partition coefficient (Wildman–Crippen LogP) is 4.05. The van der Waals surface area contributed by atoms with E-state index < -0.39 is 10.0 Å². The van der Waals surface area contributed by atoms with E-state index >= 15 is 0 Å². The molecule has 8 heteroatoms. The summed E-state index contributed by atoms with van der Waals surface area (Å²) in [6, 6.07) is 14.1. The Hall–Kier alpha value is -2.38. The van der Waals surface area contributed by atoms with Gasteiger partial charge in [0.05, 0.1) is 23.7 Å². The van der Waals surface area contributed by atoms with E-state index in [0.717, 1.165) is 11.8 Å². The molecule has 0 fully saturated rings. The largest absolute Gasteiger partial charge is 0.283 e. The maximum absolute atomic E-state index is 12.8. The van der Waals surface area contributed by atoms with Crippen molar-refractivity contribution in [2.75, 3.05) is 11.0 Å². The normalized spacial score (nSPS) is 17.0. The first-order valence-corrected chi connectivity index (χ1v) is 11.2. The fourth-order valence-electron chi connectivity index (χ4n) is 3.15. The molecule has 0 bridgehead atoms. The summed E-state index contributed by atoms with van der Waals surface area (Å²) in [6.45, 7) is 3.64. The van der Waals surface area contributed by atoms with Gasteiger partial charge in [-0.25, -0.2) is 13.4 Å². The van der Waals surface area contributed by atoms with Crippen LogP contribution in [0.25, 0.3) is 0 Å². The maximum Gasteiger partial charge on any atom is 0.245 e. The molecule has 2 aromatic rings. The zero-order valence-electron chi connectivity index (χ0n) is 15.9. The van der Waals surface area contributed by atoms with Crippen molar-refractivity contribution in [2.45, 2.75) is 26.3 Å². The lowest BCUT2D eigenvalue weighted by Crippen LogP contribution is -2.30. The number of nitrogens with zero attached hydrogens (tertiary/aromatic N) is 2. The Morgan fingerprint density at radius 2 is 1.82 bits per heavy atom. The van der Waals surface area contributed by atoms with Crippen LogP contribution >= 0.6 is 11.6 Å². The molecule has 3 rings (SSSR count). The van der Waals surface area contributed by atoms with Gasteiger partial charge in [0, 0.05) is 22.9 Å². The number of para-hydroxylation sites is 1. The van der Waals surface area contributed by atoms with Crippen LogP contribution in [0.5, 0.6) is 0 Å². The lowest BCUT2D eigenvalue weighted by atomic mass is 9.97. The Morgan fingerprint density at radius 3 is 2.46 bits per heavy atom. The van der Waals surface area contributed by atoms with Gasteiger partial charge in [-0.15, -0.1) is 0 Å². The van der Waals surface area contributed by atoms with Crippen LogP contribution < -0.4 is 4.72 Å². The van der Waals surface area contributed by atoms with Crippen molar-refractivity contribution in [2.24, 2.45) is 11.0 Å². The highest BCUT2D eigenvalue weighted by Gasteiger charge is 2.35. The minimum Gasteiger partial charge on any atom is -0.283 e. The van der Waals surface area contributed by atoms with E-state index in [-0.39, 0.29) is 17.9 Å². The van der Waals surface area contributed by atoms with E-state index in [2.05, 4.69) is 9.82 Å². The van der Waals surface area contributed by atoms with Gasteiger partial charge in [-0.3, -0.25) is 9.52 Å². The molecule has 2 aromatic carbocycles. The summed E-state index contributed by atoms with van der Waals surface area (Å²) in [4.78, 5) is 12.8. The van der Waals surface area contributed by atoms with Gasteiger partial charge in [0.25, 0.3) is 0 Å². The van der Waals surface area contributed by atoms with Gasteiger partial charge >= 0.3 is 0 Å². The van der Waals surface area contributed by atoms with Gasteiger partial charge < -0.3 is 0 Å². The monoisotopic (exact) mass is 419 g/mol. The van der Waals surface area contributed by atoms with E-state index in [0.29, 0.717) is 28.4 Å². The molecule has 6 nitrogen and oxygen atoms in total. The highest BCUT2D eigenvalue weighted by atomic mass is 35.5. The smallest absolute Gasteiger partial charge is 0.245 e. The third-order valence-corrected chi connectivity index (χ3v) is 5.36. The van der Waals surface area contributed by atoms with Crippen LogP contribution in [0, 0.1) is 5.92 Å². The molecule has 1 atom stereocenters. The maximum atomic E-state index is 12.8. The third-order valence-electron chi connectivity index (χ3n) is 4.43. The topological polar surface area (TPSA) is 78.8 Å². The minimum absolute atomic E-state index is 0.117. The third kappa shape index (κ3) is 4.36. The van der Waals surface area contributed by atoms with Gasteiger partial charge in [-0.2, -0.15) is 5.10 Å². The Labute approximate surface area is 170 Å². The lowest BCUT2D eigenvalue weighted by molar-refractivity contribution is -0.136. The lowest BCUT2D eigenvalue weighted by Gasteiger charge is -2.24. The first kappa shape index (κ1) is 20.4. The zero-order chi connectivity index (χ0) is 20.5. The van der Waals surface area contributed by atoms with Crippen LogP contribution in [0.4, 0.5) is 5.69 Å². The number of sulfonamides is 1. The number of carbonyl (C=O) groups is 1. The van der Waals surface area contributed by atoms with Gasteiger partial charge in [0.2, 0.25) is 15.9 Å². The van der Waals surface area contributed by atoms with Crippen molar-refractivity contribution in [1.29, 1.82) is 0 Å². The Morgan fingerprint density at radius 1 is 1.18 bits per heavy atom. The Kier molecular flexibility index (Phi) is 5.76. The fraction of sp³-hybridized carbons (Fsp3) is 0.300. The van der Waals surface area contributed by atoms with Gasteiger partial charge in [-0.05, 0) is 17.7 Å². The molecule has 0 aromatic heterocycles. The number of hydrogen-bond acceptors (Lipinski definition) is 4. The molecular weight excluding hydrogens is 398 g/mol.